The van der Waals surface area contributed by atoms with E-state index in [9.17, 15) is 18.0 Å². The van der Waals surface area contributed by atoms with Crippen molar-refractivity contribution < 1.29 is 13.2 Å². The lowest BCUT2D eigenvalue weighted by Gasteiger charge is -2.10. The number of nitrogens with zero attached hydrogens (tertiary/aromatic N) is 4. The van der Waals surface area contributed by atoms with E-state index in [1.807, 2.05) is 0 Å². The second-order valence-electron chi connectivity index (χ2n) is 6.29. The highest BCUT2D eigenvalue weighted by Crippen LogP contribution is 2.31. The minimum Gasteiger partial charge on any atom is -0.268 e. The molecule has 0 bridgehead atoms. The summed E-state index contributed by atoms with van der Waals surface area (Å²) < 4.78 is 42.5. The van der Waals surface area contributed by atoms with Crippen LogP contribution in [0.4, 0.5) is 13.2 Å². The van der Waals surface area contributed by atoms with Gasteiger partial charge in [-0.3, -0.25) is 9.36 Å². The van der Waals surface area contributed by atoms with Crippen LogP contribution in [0.2, 0.25) is 0 Å². The SMILES string of the molecule is O=c1c2ccccc2nc2n(-c3cc(C(F)(F)F)ccn3)c3ccccc3n12. The van der Waals surface area contributed by atoms with Crippen LogP contribution in [0.15, 0.2) is 71.7 Å². The minimum atomic E-state index is -4.51. The van der Waals surface area contributed by atoms with Crippen molar-refractivity contribution in [3.05, 3.63) is 82.8 Å². The first-order valence-electron chi connectivity index (χ1n) is 8.40. The van der Waals surface area contributed by atoms with Gasteiger partial charge in [-0.2, -0.15) is 13.2 Å². The first-order valence-corrected chi connectivity index (χ1v) is 8.40. The zero-order valence-electron chi connectivity index (χ0n) is 14.2. The van der Waals surface area contributed by atoms with Crippen molar-refractivity contribution in [3.63, 3.8) is 0 Å². The van der Waals surface area contributed by atoms with Gasteiger partial charge in [-0.15, -0.1) is 0 Å². The number of hydrogen-bond acceptors (Lipinski definition) is 3. The largest absolute Gasteiger partial charge is 0.416 e. The highest BCUT2D eigenvalue weighted by molar-refractivity contribution is 5.87. The quantitative estimate of drug-likeness (QED) is 0.438. The van der Waals surface area contributed by atoms with E-state index >= 15 is 0 Å². The fraction of sp³-hybridized carbons (Fsp3) is 0.0500. The summed E-state index contributed by atoms with van der Waals surface area (Å²) in [6.45, 7) is 0. The number of para-hydroxylation sites is 3. The second kappa shape index (κ2) is 5.66. The van der Waals surface area contributed by atoms with Crippen LogP contribution in [-0.4, -0.2) is 18.9 Å². The van der Waals surface area contributed by atoms with E-state index in [1.54, 1.807) is 48.5 Å². The normalized spacial score (nSPS) is 12.2. The Balaban J connectivity index is 1.98. The Bertz CT molecular complexity index is 1430. The summed E-state index contributed by atoms with van der Waals surface area (Å²) >= 11 is 0. The van der Waals surface area contributed by atoms with Gasteiger partial charge in [0, 0.05) is 6.20 Å². The van der Waals surface area contributed by atoms with Gasteiger partial charge in [0.2, 0.25) is 5.78 Å². The molecule has 0 saturated carbocycles. The van der Waals surface area contributed by atoms with Gasteiger partial charge in [0.25, 0.3) is 5.56 Å². The summed E-state index contributed by atoms with van der Waals surface area (Å²) in [6.07, 6.45) is -3.41. The van der Waals surface area contributed by atoms with E-state index in [-0.39, 0.29) is 17.2 Å². The first kappa shape index (κ1) is 16.5. The van der Waals surface area contributed by atoms with Crippen molar-refractivity contribution in [3.8, 4) is 5.82 Å². The number of halogens is 3. The average molecular weight is 380 g/mol. The maximum absolute atomic E-state index is 13.2. The number of rotatable bonds is 1. The molecule has 0 unspecified atom stereocenters. The molecule has 2 aromatic carbocycles. The van der Waals surface area contributed by atoms with E-state index in [1.165, 1.54) is 8.97 Å². The van der Waals surface area contributed by atoms with Crippen LogP contribution in [0, 0.1) is 0 Å². The smallest absolute Gasteiger partial charge is 0.268 e. The predicted molar refractivity (Wildman–Crippen MR) is 98.6 cm³/mol. The van der Waals surface area contributed by atoms with Crippen molar-refractivity contribution in [1.29, 1.82) is 0 Å². The number of imidazole rings is 1. The molecule has 0 aliphatic carbocycles. The average Bonchev–Trinajstić information content (AvgIpc) is 3.02. The van der Waals surface area contributed by atoms with Crippen LogP contribution < -0.4 is 5.56 Å². The van der Waals surface area contributed by atoms with Crippen LogP contribution in [0.25, 0.3) is 33.5 Å². The number of pyridine rings is 1. The van der Waals surface area contributed by atoms with Gasteiger partial charge in [-0.1, -0.05) is 24.3 Å². The van der Waals surface area contributed by atoms with Crippen molar-refractivity contribution in [2.24, 2.45) is 0 Å². The molecule has 5 nitrogen and oxygen atoms in total. The van der Waals surface area contributed by atoms with Gasteiger partial charge >= 0.3 is 6.18 Å². The first-order chi connectivity index (χ1) is 13.4. The van der Waals surface area contributed by atoms with Crippen molar-refractivity contribution >= 4 is 27.7 Å². The second-order valence-corrected chi connectivity index (χ2v) is 6.29. The van der Waals surface area contributed by atoms with Crippen LogP contribution in [-0.2, 0) is 6.18 Å². The molecule has 0 amide bonds. The molecular weight excluding hydrogens is 369 g/mol. The monoisotopic (exact) mass is 380 g/mol. The van der Waals surface area contributed by atoms with Gasteiger partial charge in [0.05, 0.1) is 27.5 Å². The molecular formula is C20H11F3N4O. The topological polar surface area (TPSA) is 52.2 Å². The fourth-order valence-electron chi connectivity index (χ4n) is 3.38. The molecule has 0 N–H and O–H groups in total. The Morgan fingerprint density at radius 2 is 1.61 bits per heavy atom. The molecule has 0 fully saturated rings. The summed E-state index contributed by atoms with van der Waals surface area (Å²) in [7, 11) is 0. The van der Waals surface area contributed by atoms with E-state index in [4.69, 9.17) is 0 Å². The molecule has 0 spiro atoms. The van der Waals surface area contributed by atoms with Gasteiger partial charge in [0.1, 0.15) is 5.82 Å². The maximum Gasteiger partial charge on any atom is 0.416 e. The molecule has 8 heteroatoms. The Labute approximate surface area is 155 Å². The lowest BCUT2D eigenvalue weighted by molar-refractivity contribution is -0.137. The van der Waals surface area contributed by atoms with E-state index < -0.39 is 11.7 Å². The molecule has 5 rings (SSSR count). The molecule has 28 heavy (non-hydrogen) atoms. The number of benzene rings is 2. The van der Waals surface area contributed by atoms with Crippen LogP contribution >= 0.6 is 0 Å². The van der Waals surface area contributed by atoms with E-state index in [0.717, 1.165) is 18.3 Å². The Hall–Kier alpha value is -3.68. The van der Waals surface area contributed by atoms with Crippen LogP contribution in [0.1, 0.15) is 5.56 Å². The molecule has 138 valence electrons. The van der Waals surface area contributed by atoms with Crippen molar-refractivity contribution in [1.82, 2.24) is 18.9 Å². The Morgan fingerprint density at radius 3 is 2.39 bits per heavy atom. The summed E-state index contributed by atoms with van der Waals surface area (Å²) in [5, 5.41) is 0.430. The molecule has 0 aliphatic heterocycles. The number of fused-ring (bicyclic) bond motifs is 4. The standard InChI is InChI=1S/C20H11F3N4O/c21-20(22,23)12-9-10-24-17(11-12)26-15-7-3-4-8-16(15)27-18(28)13-5-1-2-6-14(13)25-19(26)27/h1-11H. The third-order valence-corrected chi connectivity index (χ3v) is 4.62. The van der Waals surface area contributed by atoms with Gasteiger partial charge in [-0.05, 0) is 36.4 Å². The highest BCUT2D eigenvalue weighted by atomic mass is 19.4. The summed E-state index contributed by atoms with van der Waals surface area (Å²) in [5.74, 6) is 0.243. The fourth-order valence-corrected chi connectivity index (χ4v) is 3.38. The van der Waals surface area contributed by atoms with Crippen LogP contribution in [0.3, 0.4) is 0 Å². The summed E-state index contributed by atoms with van der Waals surface area (Å²) in [6, 6.07) is 15.7. The van der Waals surface area contributed by atoms with Crippen LogP contribution in [0.5, 0.6) is 0 Å². The third kappa shape index (κ3) is 2.31. The molecule has 0 aliphatic rings. The minimum absolute atomic E-state index is 0.0377. The summed E-state index contributed by atoms with van der Waals surface area (Å²) in [5.41, 5.74) is 0.428. The number of alkyl halides is 3. The van der Waals surface area contributed by atoms with E-state index in [0.29, 0.717) is 21.9 Å². The highest BCUT2D eigenvalue weighted by Gasteiger charge is 2.31. The van der Waals surface area contributed by atoms with Crippen molar-refractivity contribution in [2.45, 2.75) is 6.18 Å². The molecule has 3 heterocycles. The lowest BCUT2D eigenvalue weighted by atomic mass is 10.2. The zero-order valence-corrected chi connectivity index (χ0v) is 14.2. The molecule has 0 atom stereocenters. The van der Waals surface area contributed by atoms with Gasteiger partial charge in [-0.25, -0.2) is 14.4 Å². The molecule has 5 aromatic rings. The Kier molecular flexibility index (Phi) is 3.33. The maximum atomic E-state index is 13.2. The summed E-state index contributed by atoms with van der Waals surface area (Å²) in [4.78, 5) is 21.7. The van der Waals surface area contributed by atoms with Gasteiger partial charge in [0.15, 0.2) is 0 Å². The zero-order chi connectivity index (χ0) is 19.5. The third-order valence-electron chi connectivity index (χ3n) is 4.62. The molecule has 0 saturated heterocycles. The molecule has 0 radical (unpaired) electrons. The molecule has 3 aromatic heterocycles. The number of hydrogen-bond donors (Lipinski definition) is 0. The number of aromatic nitrogens is 4. The predicted octanol–water partition coefficient (Wildman–Crippen LogP) is 4.21. The lowest BCUT2D eigenvalue weighted by Crippen LogP contribution is -2.15. The Morgan fingerprint density at radius 1 is 0.893 bits per heavy atom. The van der Waals surface area contributed by atoms with Gasteiger partial charge < -0.3 is 0 Å². The van der Waals surface area contributed by atoms with Crippen molar-refractivity contribution in [2.75, 3.05) is 0 Å². The van der Waals surface area contributed by atoms with E-state index in [2.05, 4.69) is 9.97 Å².